The van der Waals surface area contributed by atoms with Crippen molar-refractivity contribution in [2.75, 3.05) is 0 Å². The van der Waals surface area contributed by atoms with Crippen molar-refractivity contribution in [1.29, 1.82) is 0 Å². The van der Waals surface area contributed by atoms with Gasteiger partial charge in [0.1, 0.15) is 0 Å². The number of benzene rings is 2. The molecule has 2 rings (SSSR count). The Morgan fingerprint density at radius 2 is 1.85 bits per heavy atom. The molecule has 6 heteroatoms. The van der Waals surface area contributed by atoms with E-state index in [0.717, 1.165) is 5.56 Å². The van der Waals surface area contributed by atoms with Gasteiger partial charge in [-0.1, -0.05) is 46.9 Å². The SMILES string of the molecule is O=C(N/N=C\c1cccc(Cl)c1)c1ccc(Cl)c(Cl)c1. The van der Waals surface area contributed by atoms with Crippen molar-refractivity contribution in [2.24, 2.45) is 5.10 Å². The van der Waals surface area contributed by atoms with E-state index in [2.05, 4.69) is 10.5 Å². The molecule has 0 aliphatic heterocycles. The number of hydrogen-bond acceptors (Lipinski definition) is 2. The van der Waals surface area contributed by atoms with Gasteiger partial charge in [-0.05, 0) is 35.9 Å². The molecule has 0 unspecified atom stereocenters. The third kappa shape index (κ3) is 3.97. The number of carbonyl (C=O) groups excluding carboxylic acids is 1. The lowest BCUT2D eigenvalue weighted by molar-refractivity contribution is 0.0955. The molecule has 0 aliphatic carbocycles. The summed E-state index contributed by atoms with van der Waals surface area (Å²) >= 11 is 17.5. The van der Waals surface area contributed by atoms with Gasteiger partial charge in [0, 0.05) is 10.6 Å². The highest BCUT2D eigenvalue weighted by molar-refractivity contribution is 6.42. The highest BCUT2D eigenvalue weighted by atomic mass is 35.5. The zero-order valence-electron chi connectivity index (χ0n) is 10.1. The van der Waals surface area contributed by atoms with E-state index >= 15 is 0 Å². The Hall–Kier alpha value is -1.55. The average molecular weight is 328 g/mol. The number of carbonyl (C=O) groups is 1. The normalized spacial score (nSPS) is 10.8. The third-order valence-corrected chi connectivity index (χ3v) is 3.38. The fourth-order valence-corrected chi connectivity index (χ4v) is 1.95. The van der Waals surface area contributed by atoms with Crippen molar-refractivity contribution in [2.45, 2.75) is 0 Å². The highest BCUT2D eigenvalue weighted by Gasteiger charge is 2.06. The Morgan fingerprint density at radius 3 is 2.55 bits per heavy atom. The maximum atomic E-state index is 11.8. The summed E-state index contributed by atoms with van der Waals surface area (Å²) in [6, 6.07) is 11.7. The first-order valence-electron chi connectivity index (χ1n) is 5.60. The van der Waals surface area contributed by atoms with Crippen LogP contribution < -0.4 is 5.43 Å². The van der Waals surface area contributed by atoms with E-state index in [1.165, 1.54) is 12.3 Å². The van der Waals surface area contributed by atoms with Crippen LogP contribution in [0.3, 0.4) is 0 Å². The van der Waals surface area contributed by atoms with Crippen LogP contribution in [0.5, 0.6) is 0 Å². The van der Waals surface area contributed by atoms with Crippen molar-refractivity contribution in [3.8, 4) is 0 Å². The summed E-state index contributed by atoms with van der Waals surface area (Å²) in [5.41, 5.74) is 3.56. The zero-order chi connectivity index (χ0) is 14.5. The number of rotatable bonds is 3. The van der Waals surface area contributed by atoms with E-state index in [-0.39, 0.29) is 5.91 Å². The number of hydrogen-bond donors (Lipinski definition) is 1. The van der Waals surface area contributed by atoms with Crippen LogP contribution >= 0.6 is 34.8 Å². The van der Waals surface area contributed by atoms with E-state index in [1.54, 1.807) is 30.3 Å². The van der Waals surface area contributed by atoms with E-state index < -0.39 is 0 Å². The van der Waals surface area contributed by atoms with Gasteiger partial charge in [0.05, 0.1) is 16.3 Å². The van der Waals surface area contributed by atoms with Crippen molar-refractivity contribution in [1.82, 2.24) is 5.43 Å². The van der Waals surface area contributed by atoms with Crippen molar-refractivity contribution in [3.05, 3.63) is 68.7 Å². The number of halogens is 3. The van der Waals surface area contributed by atoms with Crippen LogP contribution in [0.2, 0.25) is 15.1 Å². The maximum Gasteiger partial charge on any atom is 0.271 e. The van der Waals surface area contributed by atoms with Crippen LogP contribution in [0, 0.1) is 0 Å². The maximum absolute atomic E-state index is 11.8. The Morgan fingerprint density at radius 1 is 1.05 bits per heavy atom. The van der Waals surface area contributed by atoms with Crippen LogP contribution in [0.15, 0.2) is 47.6 Å². The molecule has 2 aromatic carbocycles. The number of nitrogens with one attached hydrogen (secondary N) is 1. The molecule has 0 spiro atoms. The fraction of sp³-hybridized carbons (Fsp3) is 0. The summed E-state index contributed by atoms with van der Waals surface area (Å²) in [6.45, 7) is 0. The predicted octanol–water partition coefficient (Wildman–Crippen LogP) is 4.41. The molecular weight excluding hydrogens is 319 g/mol. The number of nitrogens with zero attached hydrogens (tertiary/aromatic N) is 1. The highest BCUT2D eigenvalue weighted by Crippen LogP contribution is 2.22. The van der Waals surface area contributed by atoms with Crippen LogP contribution in [0.1, 0.15) is 15.9 Å². The van der Waals surface area contributed by atoms with Gasteiger partial charge in [-0.2, -0.15) is 5.10 Å². The van der Waals surface area contributed by atoms with Gasteiger partial charge in [-0.15, -0.1) is 0 Å². The van der Waals surface area contributed by atoms with Crippen molar-refractivity contribution in [3.63, 3.8) is 0 Å². The van der Waals surface area contributed by atoms with Crippen LogP contribution in [0.25, 0.3) is 0 Å². The van der Waals surface area contributed by atoms with Gasteiger partial charge < -0.3 is 0 Å². The van der Waals surface area contributed by atoms with Gasteiger partial charge in [0.15, 0.2) is 0 Å². The Kier molecular flexibility index (Phi) is 5.01. The second-order valence-electron chi connectivity index (χ2n) is 3.88. The molecule has 2 aromatic rings. The summed E-state index contributed by atoms with van der Waals surface area (Å²) in [7, 11) is 0. The fourth-order valence-electron chi connectivity index (χ4n) is 1.45. The topological polar surface area (TPSA) is 41.5 Å². The molecule has 102 valence electrons. The van der Waals surface area contributed by atoms with Gasteiger partial charge in [-0.3, -0.25) is 4.79 Å². The molecule has 0 fully saturated rings. The van der Waals surface area contributed by atoms with E-state index in [1.807, 2.05) is 6.07 Å². The molecule has 3 nitrogen and oxygen atoms in total. The third-order valence-electron chi connectivity index (χ3n) is 2.41. The van der Waals surface area contributed by atoms with Crippen LogP contribution in [-0.2, 0) is 0 Å². The van der Waals surface area contributed by atoms with Gasteiger partial charge in [0.2, 0.25) is 0 Å². The Balaban J connectivity index is 2.03. The summed E-state index contributed by atoms with van der Waals surface area (Å²) < 4.78 is 0. The van der Waals surface area contributed by atoms with E-state index in [9.17, 15) is 4.79 Å². The quantitative estimate of drug-likeness (QED) is 0.658. The zero-order valence-corrected chi connectivity index (χ0v) is 12.4. The molecule has 0 radical (unpaired) electrons. The molecule has 1 N–H and O–H groups in total. The predicted molar refractivity (Wildman–Crippen MR) is 83.0 cm³/mol. The smallest absolute Gasteiger partial charge is 0.267 e. The molecule has 0 saturated carbocycles. The van der Waals surface area contributed by atoms with E-state index in [0.29, 0.717) is 20.6 Å². The molecule has 0 aromatic heterocycles. The minimum absolute atomic E-state index is 0.318. The summed E-state index contributed by atoms with van der Waals surface area (Å²) in [5, 5.41) is 5.17. The van der Waals surface area contributed by atoms with E-state index in [4.69, 9.17) is 34.8 Å². The molecule has 0 aliphatic rings. The second kappa shape index (κ2) is 6.75. The van der Waals surface area contributed by atoms with Gasteiger partial charge in [0.25, 0.3) is 5.91 Å². The molecule has 0 atom stereocenters. The van der Waals surface area contributed by atoms with Crippen molar-refractivity contribution < 1.29 is 4.79 Å². The van der Waals surface area contributed by atoms with Crippen LogP contribution in [-0.4, -0.2) is 12.1 Å². The summed E-state index contributed by atoms with van der Waals surface area (Å²) in [5.74, 6) is -0.373. The molecule has 0 saturated heterocycles. The number of hydrazone groups is 1. The van der Waals surface area contributed by atoms with Crippen molar-refractivity contribution >= 4 is 46.9 Å². The lowest BCUT2D eigenvalue weighted by Gasteiger charge is -2.01. The molecule has 0 heterocycles. The first kappa shape index (κ1) is 14.9. The minimum atomic E-state index is -0.373. The Labute approximate surface area is 131 Å². The van der Waals surface area contributed by atoms with Gasteiger partial charge in [-0.25, -0.2) is 5.43 Å². The largest absolute Gasteiger partial charge is 0.271 e. The molecule has 1 amide bonds. The lowest BCUT2D eigenvalue weighted by atomic mass is 10.2. The van der Waals surface area contributed by atoms with Crippen LogP contribution in [0.4, 0.5) is 0 Å². The average Bonchev–Trinajstić information content (AvgIpc) is 2.42. The molecule has 20 heavy (non-hydrogen) atoms. The summed E-state index contributed by atoms with van der Waals surface area (Å²) in [4.78, 5) is 11.8. The monoisotopic (exact) mass is 326 g/mol. The second-order valence-corrected chi connectivity index (χ2v) is 5.13. The Bertz CT molecular complexity index is 671. The lowest BCUT2D eigenvalue weighted by Crippen LogP contribution is -2.17. The summed E-state index contributed by atoms with van der Waals surface area (Å²) in [6.07, 6.45) is 1.50. The molecule has 0 bridgehead atoms. The standard InChI is InChI=1S/C14H9Cl3N2O/c15-11-3-1-2-9(6-11)8-18-19-14(20)10-4-5-12(16)13(17)7-10/h1-8H,(H,19,20)/b18-8-. The molecular formula is C14H9Cl3N2O. The first-order chi connectivity index (χ1) is 9.56. The first-order valence-corrected chi connectivity index (χ1v) is 6.73. The minimum Gasteiger partial charge on any atom is -0.267 e. The number of amides is 1. The van der Waals surface area contributed by atoms with Gasteiger partial charge >= 0.3 is 0 Å².